The van der Waals surface area contributed by atoms with Crippen molar-refractivity contribution in [3.8, 4) is 124 Å². The molecule has 0 bridgehead atoms. The fourth-order valence-corrected chi connectivity index (χ4v) is 16.2. The molecule has 0 aliphatic carbocycles. The minimum absolute atomic E-state index is 0.803. The molecule has 21 aromatic rings. The van der Waals surface area contributed by atoms with E-state index in [1.807, 2.05) is 73.8 Å². The quantitative estimate of drug-likeness (QED) is 0.108. The Morgan fingerprint density at radius 2 is 0.439 bits per heavy atom. The Balaban J connectivity index is 0.736. The maximum absolute atomic E-state index is 6.87. The van der Waals surface area contributed by atoms with Gasteiger partial charge >= 0.3 is 0 Å². The first-order valence-electron chi connectivity index (χ1n) is 36.0. The molecule has 0 saturated carbocycles. The van der Waals surface area contributed by atoms with Gasteiger partial charge in [0.1, 0.15) is 34.5 Å². The first-order valence-corrected chi connectivity index (χ1v) is 36.0. The van der Waals surface area contributed by atoms with Crippen LogP contribution in [0.5, 0.6) is 0 Å². The molecule has 0 unspecified atom stereocenters. The number of imidazole rings is 4. The largest absolute Gasteiger partial charge is 0.456 e. The van der Waals surface area contributed by atoms with E-state index in [0.29, 0.717) is 0 Å². The van der Waals surface area contributed by atoms with Gasteiger partial charge in [-0.15, -0.1) is 0 Å². The second kappa shape index (κ2) is 25.1. The van der Waals surface area contributed by atoms with Crippen LogP contribution in [0.15, 0.2) is 382 Å². The van der Waals surface area contributed by atoms with E-state index in [1.54, 1.807) is 0 Å². The van der Waals surface area contributed by atoms with E-state index in [9.17, 15) is 0 Å². The molecule has 7 heterocycles. The van der Waals surface area contributed by atoms with Gasteiger partial charge < -0.3 is 13.6 Å². The molecular formula is C96H62N10O. The minimum atomic E-state index is 0.803. The van der Waals surface area contributed by atoms with E-state index in [4.69, 9.17) is 24.4 Å². The van der Waals surface area contributed by atoms with Crippen LogP contribution >= 0.6 is 0 Å². The van der Waals surface area contributed by atoms with Gasteiger partial charge in [0, 0.05) is 138 Å². The Morgan fingerprint density at radius 1 is 0.196 bits per heavy atom. The van der Waals surface area contributed by atoms with Crippen LogP contribution in [-0.4, -0.2) is 47.3 Å². The van der Waals surface area contributed by atoms with Gasteiger partial charge in [-0.3, -0.25) is 18.3 Å². The highest BCUT2D eigenvalue weighted by molar-refractivity contribution is 6.15. The molecule has 502 valence electrons. The van der Waals surface area contributed by atoms with Gasteiger partial charge in [0.2, 0.25) is 0 Å². The van der Waals surface area contributed by atoms with E-state index in [-0.39, 0.29) is 0 Å². The molecule has 0 N–H and O–H groups in total. The third kappa shape index (κ3) is 10.2. The van der Waals surface area contributed by atoms with Gasteiger partial charge in [0.15, 0.2) is 0 Å². The summed E-state index contributed by atoms with van der Waals surface area (Å²) in [5.41, 5.74) is 24.9. The standard InChI is InChI=1S/C96H62N10O/c1-5-21-67(22-6-1)101-53-49-97-93(101)77-33-17-13-29-73(77)63-37-43-87-81(57-63)82-58-64(74-30-14-18-34-78(74)94-98-50-54-102(94)68-23-7-2-8-24-68)38-44-88(82)105(87)71-41-47-91-85(61-71)86-62-72(42-48-92(86)107-91)106-89-45-39-65(75-31-15-19-35-79(75)95-99-51-55-103(95)69-25-9-3-10-26-69)59-83(89)84-60-66(40-46-90(84)106)76-32-16-20-36-80(76)96-100-52-56-104(96)70-27-11-4-12-28-70/h1-62H. The average Bonchev–Trinajstić information content (AvgIpc) is 1.58. The van der Waals surface area contributed by atoms with Crippen molar-refractivity contribution in [1.82, 2.24) is 47.3 Å². The van der Waals surface area contributed by atoms with Crippen molar-refractivity contribution in [3.63, 3.8) is 0 Å². The van der Waals surface area contributed by atoms with Crippen molar-refractivity contribution < 1.29 is 4.42 Å². The number of rotatable bonds is 14. The number of nitrogens with zero attached hydrogens (tertiary/aromatic N) is 10. The number of fused-ring (bicyclic) bond motifs is 9. The summed E-state index contributed by atoms with van der Waals surface area (Å²) in [5.74, 6) is 3.48. The average molecular weight is 1370 g/mol. The van der Waals surface area contributed by atoms with Gasteiger partial charge in [-0.2, -0.15) is 0 Å². The Bertz CT molecular complexity index is 6230. The van der Waals surface area contributed by atoms with Crippen LogP contribution in [-0.2, 0) is 0 Å². The molecule has 7 aromatic heterocycles. The molecule has 107 heavy (non-hydrogen) atoms. The van der Waals surface area contributed by atoms with Crippen LogP contribution in [0.3, 0.4) is 0 Å². The van der Waals surface area contributed by atoms with E-state index in [0.717, 1.165) is 190 Å². The highest BCUT2D eigenvalue weighted by Crippen LogP contribution is 2.46. The van der Waals surface area contributed by atoms with Crippen molar-refractivity contribution in [2.75, 3.05) is 0 Å². The molecular weight excluding hydrogens is 1310 g/mol. The Labute approximate surface area is 615 Å². The molecule has 11 nitrogen and oxygen atoms in total. The van der Waals surface area contributed by atoms with Crippen LogP contribution in [0.1, 0.15) is 0 Å². The van der Waals surface area contributed by atoms with E-state index in [2.05, 4.69) is 331 Å². The van der Waals surface area contributed by atoms with Gasteiger partial charge in [0.25, 0.3) is 0 Å². The number of aromatic nitrogens is 10. The predicted molar refractivity (Wildman–Crippen MR) is 434 cm³/mol. The van der Waals surface area contributed by atoms with E-state index in [1.165, 1.54) is 0 Å². The van der Waals surface area contributed by atoms with Crippen LogP contribution in [0.2, 0.25) is 0 Å². The normalized spacial score (nSPS) is 11.7. The van der Waals surface area contributed by atoms with Gasteiger partial charge in [-0.05, 0) is 178 Å². The summed E-state index contributed by atoms with van der Waals surface area (Å²) in [6.45, 7) is 0. The molecule has 0 aliphatic heterocycles. The van der Waals surface area contributed by atoms with Crippen molar-refractivity contribution in [2.45, 2.75) is 0 Å². The highest BCUT2D eigenvalue weighted by Gasteiger charge is 2.25. The zero-order chi connectivity index (χ0) is 70.5. The Hall–Kier alpha value is -14.7. The zero-order valence-corrected chi connectivity index (χ0v) is 57.7. The second-order valence-corrected chi connectivity index (χ2v) is 27.1. The number of para-hydroxylation sites is 4. The topological polar surface area (TPSA) is 94.3 Å². The zero-order valence-electron chi connectivity index (χ0n) is 57.7. The molecule has 21 rings (SSSR count). The fraction of sp³-hybridized carbons (Fsp3) is 0. The Kier molecular flexibility index (Phi) is 14.3. The summed E-state index contributed by atoms with van der Waals surface area (Å²) in [6, 6.07) is 117. The molecule has 11 heteroatoms. The molecule has 0 fully saturated rings. The van der Waals surface area contributed by atoms with Gasteiger partial charge in [-0.1, -0.05) is 194 Å². The lowest BCUT2D eigenvalue weighted by atomic mass is 9.95. The number of hydrogen-bond donors (Lipinski definition) is 0. The summed E-state index contributed by atoms with van der Waals surface area (Å²) < 4.78 is 20.4. The molecule has 0 amide bonds. The summed E-state index contributed by atoms with van der Waals surface area (Å²) in [5, 5.41) is 6.48. The SMILES string of the molecule is c1ccc(-n2ccnc2-c2ccccc2-c2ccc3c(c2)c2cc(-c4ccccc4-c4nccn4-c4ccccc4)ccc2n3-c2ccc3oc4ccc(-n5c6ccc(-c7ccccc7-c7nccn7-c7ccccc7)cc6c6cc(-c7ccccc7-c7nccn7-c7ccccc7)ccc65)cc4c3c2)cc1. The summed E-state index contributed by atoms with van der Waals surface area (Å²) in [7, 11) is 0. The van der Waals surface area contributed by atoms with Crippen LogP contribution in [0.25, 0.3) is 190 Å². The first kappa shape index (κ1) is 61.0. The van der Waals surface area contributed by atoms with Crippen LogP contribution in [0, 0.1) is 0 Å². The molecule has 0 radical (unpaired) electrons. The monoisotopic (exact) mass is 1370 g/mol. The van der Waals surface area contributed by atoms with Crippen molar-refractivity contribution >= 4 is 65.6 Å². The van der Waals surface area contributed by atoms with Gasteiger partial charge in [0.05, 0.1) is 22.1 Å². The summed E-state index contributed by atoms with van der Waals surface area (Å²) in [6.07, 6.45) is 15.7. The lowest BCUT2D eigenvalue weighted by molar-refractivity contribution is 0.669. The van der Waals surface area contributed by atoms with E-state index >= 15 is 0 Å². The highest BCUT2D eigenvalue weighted by atomic mass is 16.3. The molecule has 0 aliphatic rings. The minimum Gasteiger partial charge on any atom is -0.456 e. The molecule has 0 atom stereocenters. The molecule has 0 spiro atoms. The number of hydrogen-bond acceptors (Lipinski definition) is 5. The summed E-state index contributed by atoms with van der Waals surface area (Å²) in [4.78, 5) is 20.0. The Morgan fingerprint density at radius 3 is 0.701 bits per heavy atom. The van der Waals surface area contributed by atoms with Crippen molar-refractivity contribution in [1.29, 1.82) is 0 Å². The smallest absolute Gasteiger partial charge is 0.145 e. The van der Waals surface area contributed by atoms with Crippen molar-refractivity contribution in [2.24, 2.45) is 0 Å². The number of furan rings is 1. The maximum Gasteiger partial charge on any atom is 0.145 e. The lowest BCUT2D eigenvalue weighted by Gasteiger charge is -2.13. The van der Waals surface area contributed by atoms with Crippen molar-refractivity contribution in [3.05, 3.63) is 377 Å². The molecule has 0 saturated heterocycles. The van der Waals surface area contributed by atoms with Crippen LogP contribution in [0.4, 0.5) is 0 Å². The lowest BCUT2D eigenvalue weighted by Crippen LogP contribution is -1.97. The third-order valence-electron chi connectivity index (χ3n) is 21.1. The number of benzene rings is 14. The third-order valence-corrected chi connectivity index (χ3v) is 21.1. The van der Waals surface area contributed by atoms with Crippen LogP contribution < -0.4 is 0 Å². The molecule has 14 aromatic carbocycles. The van der Waals surface area contributed by atoms with Gasteiger partial charge in [-0.25, -0.2) is 19.9 Å². The maximum atomic E-state index is 6.87. The predicted octanol–water partition coefficient (Wildman–Crippen LogP) is 23.9. The first-order chi connectivity index (χ1) is 53.1. The fourth-order valence-electron chi connectivity index (χ4n) is 16.2. The van der Waals surface area contributed by atoms with E-state index < -0.39 is 0 Å². The second-order valence-electron chi connectivity index (χ2n) is 27.1. The summed E-state index contributed by atoms with van der Waals surface area (Å²) >= 11 is 0.